The number of hydrogen-bond donors (Lipinski definition) is 2. The van der Waals surface area contributed by atoms with Crippen LogP contribution in [0.25, 0.3) is 0 Å². The van der Waals surface area contributed by atoms with E-state index in [1.807, 2.05) is 0 Å². The number of ether oxygens (including phenoxy) is 1. The average molecular weight is 182 g/mol. The molecule has 0 aliphatic carbocycles. The first kappa shape index (κ1) is 10.7. The second-order valence-corrected chi connectivity index (χ2v) is 2.38. The number of carbonyl (C=O) groups is 1. The van der Waals surface area contributed by atoms with Gasteiger partial charge < -0.3 is 15.6 Å². The minimum Gasteiger partial charge on any atom is -0.481 e. The molecule has 5 heteroatoms. The normalized spacial score (nSPS) is 29.5. The molecule has 1 fully saturated rings. The van der Waals surface area contributed by atoms with Crippen molar-refractivity contribution in [2.45, 2.75) is 12.5 Å². The number of aliphatic carboxylic acids is 1. The maximum absolute atomic E-state index is 10.4. The van der Waals surface area contributed by atoms with Crippen molar-refractivity contribution in [2.75, 3.05) is 13.2 Å². The Morgan fingerprint density at radius 3 is 2.73 bits per heavy atom. The Labute approximate surface area is 71.1 Å². The summed E-state index contributed by atoms with van der Waals surface area (Å²) < 4.78 is 5.07. The molecule has 0 amide bonds. The number of carboxylic acid groups (broad SMARTS) is 1. The van der Waals surface area contributed by atoms with E-state index in [9.17, 15) is 4.79 Å². The Morgan fingerprint density at radius 1 is 1.73 bits per heavy atom. The molecule has 1 heterocycles. The largest absolute Gasteiger partial charge is 0.481 e. The van der Waals surface area contributed by atoms with Crippen LogP contribution < -0.4 is 5.73 Å². The number of nitrogens with two attached hydrogens (primary N) is 1. The molecule has 0 bridgehead atoms. The summed E-state index contributed by atoms with van der Waals surface area (Å²) in [5.41, 5.74) is 5.27. The lowest BCUT2D eigenvalue weighted by molar-refractivity contribution is -0.143. The molecular formula is C6H12ClNO3. The standard InChI is InChI=1S/C6H11NO3.ClH/c7-3-5-4(6(8)9)1-2-10-5;/h4-5H,1-3,7H2,(H,8,9);1H/t4-,5-;/m1./s1. The van der Waals surface area contributed by atoms with E-state index >= 15 is 0 Å². The van der Waals surface area contributed by atoms with Crippen molar-refractivity contribution < 1.29 is 14.6 Å². The van der Waals surface area contributed by atoms with Crippen molar-refractivity contribution in [3.05, 3.63) is 0 Å². The summed E-state index contributed by atoms with van der Waals surface area (Å²) >= 11 is 0. The fourth-order valence-electron chi connectivity index (χ4n) is 1.16. The molecule has 0 radical (unpaired) electrons. The molecular weight excluding hydrogens is 170 g/mol. The highest BCUT2D eigenvalue weighted by Gasteiger charge is 2.32. The SMILES string of the molecule is Cl.NC[C@H]1OCC[C@H]1C(=O)O. The number of halogens is 1. The monoisotopic (exact) mass is 181 g/mol. The maximum Gasteiger partial charge on any atom is 0.309 e. The summed E-state index contributed by atoms with van der Waals surface area (Å²) in [5, 5.41) is 8.58. The van der Waals surface area contributed by atoms with E-state index in [2.05, 4.69) is 0 Å². The third-order valence-corrected chi connectivity index (χ3v) is 1.76. The van der Waals surface area contributed by atoms with Crippen LogP contribution in [0.2, 0.25) is 0 Å². The summed E-state index contributed by atoms with van der Waals surface area (Å²) in [5.74, 6) is -1.18. The highest BCUT2D eigenvalue weighted by molar-refractivity contribution is 5.85. The molecule has 0 unspecified atom stereocenters. The summed E-state index contributed by atoms with van der Waals surface area (Å²) in [4.78, 5) is 10.4. The summed E-state index contributed by atoms with van der Waals surface area (Å²) in [6.07, 6.45) is 0.328. The van der Waals surface area contributed by atoms with Gasteiger partial charge in [0.1, 0.15) is 0 Å². The highest BCUT2D eigenvalue weighted by Crippen LogP contribution is 2.19. The lowest BCUT2D eigenvalue weighted by Gasteiger charge is -2.10. The number of hydrogen-bond acceptors (Lipinski definition) is 3. The van der Waals surface area contributed by atoms with Crippen molar-refractivity contribution in [1.29, 1.82) is 0 Å². The lowest BCUT2D eigenvalue weighted by atomic mass is 10.0. The molecule has 11 heavy (non-hydrogen) atoms. The van der Waals surface area contributed by atoms with Crippen LogP contribution in [0.3, 0.4) is 0 Å². The summed E-state index contributed by atoms with van der Waals surface area (Å²) in [6, 6.07) is 0. The first-order chi connectivity index (χ1) is 4.75. The summed E-state index contributed by atoms with van der Waals surface area (Å²) in [6.45, 7) is 0.829. The molecule has 0 aromatic carbocycles. The van der Waals surface area contributed by atoms with Crippen LogP contribution in [0.4, 0.5) is 0 Å². The van der Waals surface area contributed by atoms with Gasteiger partial charge in [-0.2, -0.15) is 0 Å². The molecule has 3 N–H and O–H groups in total. The van der Waals surface area contributed by atoms with Crippen LogP contribution in [0.1, 0.15) is 6.42 Å². The molecule has 1 aliphatic rings. The average Bonchev–Trinajstić information content (AvgIpc) is 2.33. The van der Waals surface area contributed by atoms with Crippen molar-refractivity contribution in [3.63, 3.8) is 0 Å². The van der Waals surface area contributed by atoms with Gasteiger partial charge in [0.05, 0.1) is 12.0 Å². The molecule has 0 aromatic heterocycles. The Kier molecular flexibility index (Phi) is 4.40. The van der Waals surface area contributed by atoms with Crippen LogP contribution >= 0.6 is 12.4 Å². The van der Waals surface area contributed by atoms with E-state index < -0.39 is 5.97 Å². The van der Waals surface area contributed by atoms with Crippen LogP contribution in [-0.2, 0) is 9.53 Å². The number of carboxylic acids is 1. The zero-order valence-corrected chi connectivity index (χ0v) is 6.84. The van der Waals surface area contributed by atoms with Crippen LogP contribution in [0, 0.1) is 5.92 Å². The van der Waals surface area contributed by atoms with E-state index in [-0.39, 0.29) is 24.4 Å². The van der Waals surface area contributed by atoms with Crippen LogP contribution in [0.15, 0.2) is 0 Å². The van der Waals surface area contributed by atoms with E-state index in [1.165, 1.54) is 0 Å². The fourth-order valence-corrected chi connectivity index (χ4v) is 1.16. The van der Waals surface area contributed by atoms with E-state index in [1.54, 1.807) is 0 Å². The van der Waals surface area contributed by atoms with E-state index in [0.29, 0.717) is 19.6 Å². The molecule has 0 saturated carbocycles. The first-order valence-electron chi connectivity index (χ1n) is 3.30. The van der Waals surface area contributed by atoms with E-state index in [0.717, 1.165) is 0 Å². The molecule has 66 valence electrons. The minimum atomic E-state index is -0.798. The number of rotatable bonds is 2. The van der Waals surface area contributed by atoms with Gasteiger partial charge in [-0.15, -0.1) is 12.4 Å². The molecule has 2 atom stereocenters. The molecule has 0 spiro atoms. The van der Waals surface area contributed by atoms with Crippen molar-refractivity contribution in [2.24, 2.45) is 11.7 Å². The zero-order valence-electron chi connectivity index (χ0n) is 6.03. The first-order valence-corrected chi connectivity index (χ1v) is 3.30. The second-order valence-electron chi connectivity index (χ2n) is 2.38. The van der Waals surface area contributed by atoms with Crippen molar-refractivity contribution >= 4 is 18.4 Å². The predicted molar refractivity (Wildman–Crippen MR) is 41.8 cm³/mol. The van der Waals surface area contributed by atoms with Gasteiger partial charge >= 0.3 is 5.97 Å². The van der Waals surface area contributed by atoms with Gasteiger partial charge in [-0.3, -0.25) is 4.79 Å². The molecule has 1 rings (SSSR count). The molecule has 1 aliphatic heterocycles. The van der Waals surface area contributed by atoms with Crippen molar-refractivity contribution in [3.8, 4) is 0 Å². The van der Waals surface area contributed by atoms with E-state index in [4.69, 9.17) is 15.6 Å². The lowest BCUT2D eigenvalue weighted by Crippen LogP contribution is -2.30. The van der Waals surface area contributed by atoms with Gasteiger partial charge in [0.15, 0.2) is 0 Å². The van der Waals surface area contributed by atoms with Gasteiger partial charge in [0.25, 0.3) is 0 Å². The third kappa shape index (κ3) is 2.32. The van der Waals surface area contributed by atoms with Crippen molar-refractivity contribution in [1.82, 2.24) is 0 Å². The smallest absolute Gasteiger partial charge is 0.309 e. The third-order valence-electron chi connectivity index (χ3n) is 1.76. The predicted octanol–water partition coefficient (Wildman–Crippen LogP) is -0.143. The minimum absolute atomic E-state index is 0. The molecule has 1 saturated heterocycles. The summed E-state index contributed by atoms with van der Waals surface area (Å²) in [7, 11) is 0. The van der Waals surface area contributed by atoms with Gasteiger partial charge in [0.2, 0.25) is 0 Å². The van der Waals surface area contributed by atoms with Gasteiger partial charge in [-0.25, -0.2) is 0 Å². The topological polar surface area (TPSA) is 72.5 Å². The van der Waals surface area contributed by atoms with Gasteiger partial charge in [-0.05, 0) is 6.42 Å². The second kappa shape index (κ2) is 4.54. The molecule has 0 aromatic rings. The van der Waals surface area contributed by atoms with Crippen LogP contribution in [-0.4, -0.2) is 30.3 Å². The Hall–Kier alpha value is -0.320. The fraction of sp³-hybridized carbons (Fsp3) is 0.833. The quantitative estimate of drug-likeness (QED) is 0.622. The Balaban J connectivity index is 0.000001000. The van der Waals surface area contributed by atoms with Crippen LogP contribution in [0.5, 0.6) is 0 Å². The maximum atomic E-state index is 10.4. The van der Waals surface area contributed by atoms with Gasteiger partial charge in [-0.1, -0.05) is 0 Å². The zero-order chi connectivity index (χ0) is 7.56. The van der Waals surface area contributed by atoms with Gasteiger partial charge in [0, 0.05) is 13.2 Å². The Bertz CT molecular complexity index is 142. The Morgan fingerprint density at radius 2 is 2.36 bits per heavy atom. The molecule has 4 nitrogen and oxygen atoms in total. The highest BCUT2D eigenvalue weighted by atomic mass is 35.5.